The molecule has 3 fully saturated rings. The predicted molar refractivity (Wildman–Crippen MR) is 106 cm³/mol. The van der Waals surface area contributed by atoms with Crippen LogP contribution in [-0.2, 0) is 19.1 Å². The van der Waals surface area contributed by atoms with Crippen LogP contribution in [0.1, 0.15) is 72.6 Å². The maximum Gasteiger partial charge on any atom is 0.305 e. The van der Waals surface area contributed by atoms with Crippen LogP contribution in [0, 0.1) is 40.4 Å². The van der Waals surface area contributed by atoms with E-state index in [2.05, 4.69) is 20.8 Å². The maximum absolute atomic E-state index is 12.6. The van der Waals surface area contributed by atoms with Crippen molar-refractivity contribution in [2.45, 2.75) is 78.7 Å². The highest BCUT2D eigenvalue weighted by molar-refractivity contribution is 5.94. The Morgan fingerprint density at radius 3 is 2.64 bits per heavy atom. The molecular weight excluding hydrogens is 352 g/mol. The van der Waals surface area contributed by atoms with Crippen LogP contribution in [0.15, 0.2) is 11.6 Å². The molecular formula is C24H34O4. The lowest BCUT2D eigenvalue weighted by atomic mass is 9.43. The van der Waals surface area contributed by atoms with Crippen LogP contribution < -0.4 is 0 Å². The molecule has 0 spiro atoms. The van der Waals surface area contributed by atoms with Gasteiger partial charge in [0.25, 0.3) is 0 Å². The molecule has 154 valence electrons. The molecule has 0 aromatic carbocycles. The van der Waals surface area contributed by atoms with Crippen molar-refractivity contribution in [2.24, 2.45) is 40.4 Å². The van der Waals surface area contributed by atoms with Gasteiger partial charge in [0, 0.05) is 18.3 Å². The summed E-state index contributed by atoms with van der Waals surface area (Å²) in [5.74, 6) is 1.87. The van der Waals surface area contributed by atoms with Crippen molar-refractivity contribution in [3.63, 3.8) is 0 Å². The highest BCUT2D eigenvalue weighted by Gasteiger charge is 2.64. The lowest BCUT2D eigenvalue weighted by Gasteiger charge is -2.60. The first kappa shape index (κ1) is 19.8. The molecule has 4 heteroatoms. The molecule has 4 nitrogen and oxygen atoms in total. The summed E-state index contributed by atoms with van der Waals surface area (Å²) in [6, 6.07) is 0. The summed E-state index contributed by atoms with van der Waals surface area (Å²) < 4.78 is 5.88. The van der Waals surface area contributed by atoms with Gasteiger partial charge in [-0.15, -0.1) is 0 Å². The van der Waals surface area contributed by atoms with E-state index in [9.17, 15) is 14.4 Å². The molecule has 0 aliphatic heterocycles. The molecule has 8 atom stereocenters. The molecule has 0 N–H and O–H groups in total. The van der Waals surface area contributed by atoms with Gasteiger partial charge in [-0.05, 0) is 67.8 Å². The van der Waals surface area contributed by atoms with Gasteiger partial charge in [-0.3, -0.25) is 9.59 Å². The van der Waals surface area contributed by atoms with Crippen LogP contribution in [0.2, 0.25) is 0 Å². The van der Waals surface area contributed by atoms with Crippen molar-refractivity contribution in [1.82, 2.24) is 0 Å². The summed E-state index contributed by atoms with van der Waals surface area (Å²) in [5, 5.41) is 0. The molecule has 4 aliphatic carbocycles. The first-order valence-electron chi connectivity index (χ1n) is 11.2. The van der Waals surface area contributed by atoms with E-state index in [1.54, 1.807) is 6.08 Å². The van der Waals surface area contributed by atoms with Crippen LogP contribution in [0.25, 0.3) is 0 Å². The van der Waals surface area contributed by atoms with Crippen molar-refractivity contribution < 1.29 is 19.1 Å². The van der Waals surface area contributed by atoms with Gasteiger partial charge in [0.2, 0.25) is 0 Å². The summed E-state index contributed by atoms with van der Waals surface area (Å²) in [5.41, 5.74) is 0.639. The van der Waals surface area contributed by atoms with Crippen LogP contribution in [-0.4, -0.2) is 24.1 Å². The minimum absolute atomic E-state index is 0.00702. The zero-order valence-electron chi connectivity index (χ0n) is 17.7. The molecule has 3 saturated carbocycles. The topological polar surface area (TPSA) is 60.4 Å². The second-order valence-electron chi connectivity index (χ2n) is 10.2. The Bertz CT molecular complexity index is 724. The zero-order valence-corrected chi connectivity index (χ0v) is 17.7. The fourth-order valence-electron chi connectivity index (χ4n) is 7.70. The third kappa shape index (κ3) is 2.59. The highest BCUT2D eigenvalue weighted by Crippen LogP contribution is 2.67. The van der Waals surface area contributed by atoms with E-state index in [-0.39, 0.29) is 29.2 Å². The summed E-state index contributed by atoms with van der Waals surface area (Å²) >= 11 is 0. The standard InChI is InChI=1S/C24H34O4/c1-5-21(27)28-20-7-6-18-22-14(2)10-16-12-17(26)11-15(3)24(16,13-25)19(22)8-9-23(18,20)4/h12-15,18-20,22H,5-11H2,1-4H3/t14-,15+,18+,19+,20+,22+,23+,24+/m1/s1. The monoisotopic (exact) mass is 386 g/mol. The number of hydrogen-bond acceptors (Lipinski definition) is 4. The number of rotatable bonds is 3. The normalized spacial score (nSPS) is 47.4. The Labute approximate surface area is 168 Å². The van der Waals surface area contributed by atoms with Gasteiger partial charge >= 0.3 is 5.97 Å². The third-order valence-electron chi connectivity index (χ3n) is 9.03. The first-order chi connectivity index (χ1) is 13.3. The first-order valence-corrected chi connectivity index (χ1v) is 11.2. The minimum Gasteiger partial charge on any atom is -0.462 e. The van der Waals surface area contributed by atoms with Gasteiger partial charge in [0.05, 0.1) is 5.41 Å². The summed E-state index contributed by atoms with van der Waals surface area (Å²) in [6.07, 6.45) is 8.76. The highest BCUT2D eigenvalue weighted by atomic mass is 16.5. The van der Waals surface area contributed by atoms with E-state index in [0.29, 0.717) is 36.5 Å². The summed E-state index contributed by atoms with van der Waals surface area (Å²) in [6.45, 7) is 8.56. The molecule has 4 rings (SSSR count). The quantitative estimate of drug-likeness (QED) is 0.529. The number of aldehydes is 1. The molecule has 0 aromatic rings. The van der Waals surface area contributed by atoms with Crippen molar-refractivity contribution in [3.05, 3.63) is 11.6 Å². The number of carbonyl (C=O) groups excluding carboxylic acids is 3. The number of carbonyl (C=O) groups is 3. The number of fused-ring (bicyclic) bond motifs is 5. The van der Waals surface area contributed by atoms with Gasteiger partial charge in [0.1, 0.15) is 12.4 Å². The second kappa shape index (κ2) is 6.81. The second-order valence-corrected chi connectivity index (χ2v) is 10.2. The average molecular weight is 387 g/mol. The number of ketones is 1. The molecule has 0 saturated heterocycles. The Hall–Kier alpha value is -1.45. The van der Waals surface area contributed by atoms with E-state index in [4.69, 9.17) is 4.74 Å². The van der Waals surface area contributed by atoms with Crippen molar-refractivity contribution >= 4 is 18.0 Å². The summed E-state index contributed by atoms with van der Waals surface area (Å²) in [4.78, 5) is 36.8. The minimum atomic E-state index is -0.468. The Kier molecular flexibility index (Phi) is 4.83. The molecule has 28 heavy (non-hydrogen) atoms. The fourth-order valence-corrected chi connectivity index (χ4v) is 7.70. The fraction of sp³-hybridized carbons (Fsp3) is 0.792. The third-order valence-corrected chi connectivity index (χ3v) is 9.03. The Morgan fingerprint density at radius 1 is 1.21 bits per heavy atom. The van der Waals surface area contributed by atoms with E-state index >= 15 is 0 Å². The smallest absolute Gasteiger partial charge is 0.305 e. The lowest BCUT2D eigenvalue weighted by molar-refractivity contribution is -0.162. The molecule has 0 unspecified atom stereocenters. The number of esters is 1. The summed E-state index contributed by atoms with van der Waals surface area (Å²) in [7, 11) is 0. The van der Waals surface area contributed by atoms with Crippen molar-refractivity contribution in [2.75, 3.05) is 0 Å². The Morgan fingerprint density at radius 2 is 1.96 bits per heavy atom. The predicted octanol–water partition coefficient (Wildman–Crippen LogP) is 4.51. The molecule has 0 aromatic heterocycles. The van der Waals surface area contributed by atoms with Crippen LogP contribution in [0.4, 0.5) is 0 Å². The van der Waals surface area contributed by atoms with E-state index in [0.717, 1.165) is 37.7 Å². The van der Waals surface area contributed by atoms with Crippen molar-refractivity contribution in [1.29, 1.82) is 0 Å². The molecule has 0 radical (unpaired) electrons. The van der Waals surface area contributed by atoms with Gasteiger partial charge in [-0.2, -0.15) is 0 Å². The molecule has 0 heterocycles. The van der Waals surface area contributed by atoms with Crippen LogP contribution >= 0.6 is 0 Å². The van der Waals surface area contributed by atoms with E-state index in [1.807, 2.05) is 6.92 Å². The molecule has 0 bridgehead atoms. The largest absolute Gasteiger partial charge is 0.462 e. The Balaban J connectivity index is 1.70. The van der Waals surface area contributed by atoms with Crippen LogP contribution in [0.3, 0.4) is 0 Å². The SMILES string of the molecule is CCC(=O)O[C@H]1CC[C@H]2[C@@H]3[C@H](C)CC4=CC(=O)C[C@H](C)[C@]4(C=O)[C@H]3CC[C@]12C. The average Bonchev–Trinajstić information content (AvgIpc) is 2.97. The zero-order chi connectivity index (χ0) is 20.3. The molecule has 0 amide bonds. The van der Waals surface area contributed by atoms with Crippen molar-refractivity contribution in [3.8, 4) is 0 Å². The number of allylic oxidation sites excluding steroid dienone is 1. The number of hydrogen-bond donors (Lipinski definition) is 0. The van der Waals surface area contributed by atoms with Crippen LogP contribution in [0.5, 0.6) is 0 Å². The number of ether oxygens (including phenoxy) is 1. The maximum atomic E-state index is 12.6. The van der Waals surface area contributed by atoms with Gasteiger partial charge in [-0.1, -0.05) is 33.3 Å². The lowest BCUT2D eigenvalue weighted by Crippen LogP contribution is -2.57. The van der Waals surface area contributed by atoms with Gasteiger partial charge in [0.15, 0.2) is 5.78 Å². The van der Waals surface area contributed by atoms with Gasteiger partial charge in [-0.25, -0.2) is 0 Å². The molecule has 4 aliphatic rings. The van der Waals surface area contributed by atoms with E-state index < -0.39 is 5.41 Å². The van der Waals surface area contributed by atoms with E-state index in [1.165, 1.54) is 6.29 Å². The van der Waals surface area contributed by atoms with Gasteiger partial charge < -0.3 is 9.53 Å².